The maximum Gasteiger partial charge on any atom is 0.227 e. The molecule has 2 aromatic carbocycles. The molecule has 0 aliphatic carbocycles. The second kappa shape index (κ2) is 9.96. The zero-order valence-corrected chi connectivity index (χ0v) is 17.1. The van der Waals surface area contributed by atoms with E-state index >= 15 is 0 Å². The molecular weight excluding hydrogens is 368 g/mol. The van der Waals surface area contributed by atoms with Crippen molar-refractivity contribution in [2.75, 3.05) is 40.4 Å². The SMILES string of the molecule is COc1ccc(CCC(=O)N2CCN(C(=O)Cc3ccc(OC)cc3)CC2)cc1. The summed E-state index contributed by atoms with van der Waals surface area (Å²) in [5.74, 6) is 1.84. The molecule has 6 heteroatoms. The Hall–Kier alpha value is -3.02. The molecule has 0 radical (unpaired) electrons. The lowest BCUT2D eigenvalue weighted by molar-refractivity contribution is -0.139. The predicted octanol–water partition coefficient (Wildman–Crippen LogP) is 2.55. The van der Waals surface area contributed by atoms with Crippen molar-refractivity contribution >= 4 is 11.8 Å². The summed E-state index contributed by atoms with van der Waals surface area (Å²) >= 11 is 0. The van der Waals surface area contributed by atoms with Crippen LogP contribution in [0.3, 0.4) is 0 Å². The maximum atomic E-state index is 12.5. The van der Waals surface area contributed by atoms with Gasteiger partial charge in [0.2, 0.25) is 11.8 Å². The summed E-state index contributed by atoms with van der Waals surface area (Å²) in [6.07, 6.45) is 1.56. The number of methoxy groups -OCH3 is 2. The molecule has 2 aromatic rings. The zero-order valence-electron chi connectivity index (χ0n) is 17.1. The van der Waals surface area contributed by atoms with Crippen LogP contribution in [0.2, 0.25) is 0 Å². The van der Waals surface area contributed by atoms with Crippen molar-refractivity contribution in [1.29, 1.82) is 0 Å². The number of aryl methyl sites for hydroxylation is 1. The average molecular weight is 396 g/mol. The second-order valence-corrected chi connectivity index (χ2v) is 7.13. The summed E-state index contributed by atoms with van der Waals surface area (Å²) in [5, 5.41) is 0. The standard InChI is InChI=1S/C23H28N2O4/c1-28-20-8-3-18(4-9-20)7-12-22(26)24-13-15-25(16-14-24)23(27)17-19-5-10-21(29-2)11-6-19/h3-6,8-11H,7,12-17H2,1-2H3. The van der Waals surface area contributed by atoms with Crippen LogP contribution in [0.1, 0.15) is 17.5 Å². The fourth-order valence-electron chi connectivity index (χ4n) is 3.44. The van der Waals surface area contributed by atoms with Gasteiger partial charge in [-0.25, -0.2) is 0 Å². The van der Waals surface area contributed by atoms with Crippen LogP contribution in [0, 0.1) is 0 Å². The van der Waals surface area contributed by atoms with Crippen molar-refractivity contribution in [3.05, 3.63) is 59.7 Å². The Bertz CT molecular complexity index is 810. The molecule has 0 bridgehead atoms. The molecule has 2 amide bonds. The van der Waals surface area contributed by atoms with Gasteiger partial charge in [0.1, 0.15) is 11.5 Å². The molecule has 0 aromatic heterocycles. The molecule has 1 aliphatic heterocycles. The van der Waals surface area contributed by atoms with Crippen molar-refractivity contribution < 1.29 is 19.1 Å². The number of carbonyl (C=O) groups excluding carboxylic acids is 2. The lowest BCUT2D eigenvalue weighted by atomic mass is 10.1. The van der Waals surface area contributed by atoms with Crippen LogP contribution in [0.4, 0.5) is 0 Å². The highest BCUT2D eigenvalue weighted by Crippen LogP contribution is 2.15. The van der Waals surface area contributed by atoms with Gasteiger partial charge >= 0.3 is 0 Å². The van der Waals surface area contributed by atoms with Crippen molar-refractivity contribution in [3.8, 4) is 11.5 Å². The molecule has 1 heterocycles. The Kier molecular flexibility index (Phi) is 7.11. The molecule has 0 saturated carbocycles. The van der Waals surface area contributed by atoms with E-state index in [4.69, 9.17) is 9.47 Å². The largest absolute Gasteiger partial charge is 0.497 e. The van der Waals surface area contributed by atoms with E-state index in [1.54, 1.807) is 14.2 Å². The lowest BCUT2D eigenvalue weighted by Gasteiger charge is -2.35. The monoisotopic (exact) mass is 396 g/mol. The highest BCUT2D eigenvalue weighted by molar-refractivity contribution is 5.80. The summed E-state index contributed by atoms with van der Waals surface area (Å²) in [7, 11) is 3.26. The first-order chi connectivity index (χ1) is 14.1. The number of carbonyl (C=O) groups is 2. The highest BCUT2D eigenvalue weighted by Gasteiger charge is 2.23. The fraction of sp³-hybridized carbons (Fsp3) is 0.391. The molecule has 6 nitrogen and oxygen atoms in total. The molecule has 0 N–H and O–H groups in total. The van der Waals surface area contributed by atoms with Gasteiger partial charge in [0.15, 0.2) is 0 Å². The first-order valence-corrected chi connectivity index (χ1v) is 9.90. The Morgan fingerprint density at radius 1 is 0.724 bits per heavy atom. The van der Waals surface area contributed by atoms with Crippen LogP contribution in [-0.4, -0.2) is 62.0 Å². The van der Waals surface area contributed by atoms with Gasteiger partial charge in [-0.15, -0.1) is 0 Å². The van der Waals surface area contributed by atoms with E-state index in [9.17, 15) is 9.59 Å². The summed E-state index contributed by atoms with van der Waals surface area (Å²) in [4.78, 5) is 28.8. The molecular formula is C23H28N2O4. The molecule has 29 heavy (non-hydrogen) atoms. The number of piperazine rings is 1. The first-order valence-electron chi connectivity index (χ1n) is 9.90. The van der Waals surface area contributed by atoms with E-state index in [0.29, 0.717) is 45.4 Å². The van der Waals surface area contributed by atoms with E-state index in [1.807, 2.05) is 58.3 Å². The van der Waals surface area contributed by atoms with Gasteiger partial charge in [-0.1, -0.05) is 24.3 Å². The van der Waals surface area contributed by atoms with E-state index < -0.39 is 0 Å². The van der Waals surface area contributed by atoms with Crippen LogP contribution in [-0.2, 0) is 22.4 Å². The van der Waals surface area contributed by atoms with E-state index in [0.717, 1.165) is 22.6 Å². The number of benzene rings is 2. The quantitative estimate of drug-likeness (QED) is 0.722. The van der Waals surface area contributed by atoms with E-state index in [-0.39, 0.29) is 11.8 Å². The van der Waals surface area contributed by atoms with Crippen molar-refractivity contribution in [3.63, 3.8) is 0 Å². The van der Waals surface area contributed by atoms with Gasteiger partial charge in [-0.05, 0) is 41.8 Å². The number of hydrogen-bond acceptors (Lipinski definition) is 4. The highest BCUT2D eigenvalue weighted by atomic mass is 16.5. The minimum Gasteiger partial charge on any atom is -0.497 e. The molecule has 154 valence electrons. The Balaban J connectivity index is 1.42. The summed E-state index contributed by atoms with van der Waals surface area (Å²) in [6.45, 7) is 2.36. The topological polar surface area (TPSA) is 59.1 Å². The number of rotatable bonds is 7. The van der Waals surface area contributed by atoms with Crippen molar-refractivity contribution in [1.82, 2.24) is 9.80 Å². The van der Waals surface area contributed by atoms with E-state index in [2.05, 4.69) is 0 Å². The third-order valence-electron chi connectivity index (χ3n) is 5.29. The van der Waals surface area contributed by atoms with Crippen LogP contribution >= 0.6 is 0 Å². The van der Waals surface area contributed by atoms with Gasteiger partial charge in [0, 0.05) is 32.6 Å². The van der Waals surface area contributed by atoms with Gasteiger partial charge in [0.25, 0.3) is 0 Å². The minimum absolute atomic E-state index is 0.0977. The molecule has 1 saturated heterocycles. The normalized spacial score (nSPS) is 13.9. The van der Waals surface area contributed by atoms with Gasteiger partial charge in [-0.2, -0.15) is 0 Å². The number of amides is 2. The van der Waals surface area contributed by atoms with Crippen molar-refractivity contribution in [2.45, 2.75) is 19.3 Å². The lowest BCUT2D eigenvalue weighted by Crippen LogP contribution is -2.51. The molecule has 0 spiro atoms. The third-order valence-corrected chi connectivity index (χ3v) is 5.29. The Morgan fingerprint density at radius 2 is 1.17 bits per heavy atom. The van der Waals surface area contributed by atoms with Crippen LogP contribution in [0.15, 0.2) is 48.5 Å². The molecule has 3 rings (SSSR count). The third kappa shape index (κ3) is 5.73. The average Bonchev–Trinajstić information content (AvgIpc) is 2.78. The maximum absolute atomic E-state index is 12.5. The molecule has 1 fully saturated rings. The molecule has 1 aliphatic rings. The fourth-order valence-corrected chi connectivity index (χ4v) is 3.44. The van der Waals surface area contributed by atoms with Crippen LogP contribution in [0.5, 0.6) is 11.5 Å². The smallest absolute Gasteiger partial charge is 0.227 e. The summed E-state index contributed by atoms with van der Waals surface area (Å²) in [6, 6.07) is 15.3. The number of ether oxygens (including phenoxy) is 2. The van der Waals surface area contributed by atoms with Gasteiger partial charge in [-0.3, -0.25) is 9.59 Å². The van der Waals surface area contributed by atoms with Gasteiger partial charge in [0.05, 0.1) is 20.6 Å². The van der Waals surface area contributed by atoms with Crippen molar-refractivity contribution in [2.24, 2.45) is 0 Å². The van der Waals surface area contributed by atoms with Gasteiger partial charge < -0.3 is 19.3 Å². The first kappa shape index (κ1) is 20.7. The molecule has 0 unspecified atom stereocenters. The Morgan fingerprint density at radius 3 is 1.66 bits per heavy atom. The number of hydrogen-bond donors (Lipinski definition) is 0. The minimum atomic E-state index is 0.0977. The second-order valence-electron chi connectivity index (χ2n) is 7.13. The predicted molar refractivity (Wildman–Crippen MR) is 111 cm³/mol. The zero-order chi connectivity index (χ0) is 20.6. The van der Waals surface area contributed by atoms with E-state index in [1.165, 1.54) is 0 Å². The number of nitrogens with zero attached hydrogens (tertiary/aromatic N) is 2. The van der Waals surface area contributed by atoms with Crippen LogP contribution < -0.4 is 9.47 Å². The Labute approximate surface area is 172 Å². The molecule has 0 atom stereocenters. The summed E-state index contributed by atoms with van der Waals surface area (Å²) < 4.78 is 10.3. The van der Waals surface area contributed by atoms with Crippen LogP contribution in [0.25, 0.3) is 0 Å². The summed E-state index contributed by atoms with van der Waals surface area (Å²) in [5.41, 5.74) is 2.08.